The molecule has 1 N–H and O–H groups in total. The fourth-order valence-electron chi connectivity index (χ4n) is 4.27. The number of benzene rings is 1. The van der Waals surface area contributed by atoms with Gasteiger partial charge in [0.1, 0.15) is 11.6 Å². The molecule has 0 radical (unpaired) electrons. The minimum Gasteiger partial charge on any atom is -0.456 e. The minimum absolute atomic E-state index is 0.0784. The Labute approximate surface area is 167 Å². The number of carbonyl (C=O) groups excluding carboxylic acids is 2. The van der Waals surface area contributed by atoms with Crippen LogP contribution >= 0.6 is 0 Å². The van der Waals surface area contributed by atoms with Crippen LogP contribution in [-0.4, -0.2) is 44.6 Å². The molecule has 2 atom stereocenters. The molecule has 0 bridgehead atoms. The van der Waals surface area contributed by atoms with Crippen molar-refractivity contribution < 1.29 is 14.0 Å². The summed E-state index contributed by atoms with van der Waals surface area (Å²) < 4.78 is 7.39. The summed E-state index contributed by atoms with van der Waals surface area (Å²) in [6.07, 6.45) is 0.706. The number of carbonyl (C=O) groups is 2. The van der Waals surface area contributed by atoms with Gasteiger partial charge >= 0.3 is 0 Å². The molecule has 3 aromatic rings. The van der Waals surface area contributed by atoms with Crippen molar-refractivity contribution in [2.75, 3.05) is 18.4 Å². The second-order valence-corrected chi connectivity index (χ2v) is 7.72. The summed E-state index contributed by atoms with van der Waals surface area (Å²) in [4.78, 5) is 27.3. The molecule has 0 spiro atoms. The number of nitrogens with one attached hydrogen (secondary N) is 1. The van der Waals surface area contributed by atoms with E-state index in [0.717, 1.165) is 17.3 Å². The first-order valence-electron chi connectivity index (χ1n) is 9.72. The maximum absolute atomic E-state index is 12.7. The van der Waals surface area contributed by atoms with Crippen molar-refractivity contribution in [3.63, 3.8) is 0 Å². The Morgan fingerprint density at radius 3 is 2.59 bits per heavy atom. The van der Waals surface area contributed by atoms with E-state index in [1.807, 2.05) is 46.7 Å². The van der Waals surface area contributed by atoms with Gasteiger partial charge in [-0.15, -0.1) is 10.2 Å². The van der Waals surface area contributed by atoms with Gasteiger partial charge < -0.3 is 19.2 Å². The molecule has 1 saturated heterocycles. The molecular weight excluding hydrogens is 370 g/mol. The van der Waals surface area contributed by atoms with E-state index in [2.05, 4.69) is 15.5 Å². The first-order valence-corrected chi connectivity index (χ1v) is 9.72. The molecule has 4 heterocycles. The lowest BCUT2D eigenvalue weighted by Gasteiger charge is -2.25. The SMILES string of the molecule is Cc1ccc(C(=O)N2C[C@@H]3Cc4nnc(C(=O)Nc5ccccc5)n4C[C@@H]3C2)o1. The highest BCUT2D eigenvalue weighted by atomic mass is 16.3. The number of anilines is 1. The lowest BCUT2D eigenvalue weighted by Crippen LogP contribution is -2.31. The summed E-state index contributed by atoms with van der Waals surface area (Å²) >= 11 is 0. The van der Waals surface area contributed by atoms with Gasteiger partial charge in [-0.25, -0.2) is 0 Å². The molecule has 2 aliphatic heterocycles. The Morgan fingerprint density at radius 1 is 1.03 bits per heavy atom. The van der Waals surface area contributed by atoms with Gasteiger partial charge in [0.2, 0.25) is 5.82 Å². The maximum atomic E-state index is 12.7. The van der Waals surface area contributed by atoms with Crippen LogP contribution < -0.4 is 5.32 Å². The van der Waals surface area contributed by atoms with Gasteiger partial charge in [0.25, 0.3) is 11.8 Å². The van der Waals surface area contributed by atoms with Crippen molar-refractivity contribution >= 4 is 17.5 Å². The number of rotatable bonds is 3. The molecular formula is C21H21N5O3. The predicted molar refractivity (Wildman–Crippen MR) is 104 cm³/mol. The third-order valence-corrected chi connectivity index (χ3v) is 5.74. The Morgan fingerprint density at radius 2 is 1.83 bits per heavy atom. The van der Waals surface area contributed by atoms with Gasteiger partial charge in [-0.1, -0.05) is 18.2 Å². The lowest BCUT2D eigenvalue weighted by molar-refractivity contribution is 0.0750. The highest BCUT2D eigenvalue weighted by Crippen LogP contribution is 2.33. The van der Waals surface area contributed by atoms with Crippen LogP contribution in [0.5, 0.6) is 0 Å². The number of likely N-dealkylation sites (tertiary alicyclic amines) is 1. The molecule has 2 amide bonds. The summed E-state index contributed by atoms with van der Waals surface area (Å²) in [5.41, 5.74) is 0.718. The zero-order valence-electron chi connectivity index (χ0n) is 16.0. The molecule has 2 aliphatic rings. The van der Waals surface area contributed by atoms with E-state index in [1.54, 1.807) is 12.1 Å². The van der Waals surface area contributed by atoms with Gasteiger partial charge in [0.15, 0.2) is 5.76 Å². The van der Waals surface area contributed by atoms with E-state index >= 15 is 0 Å². The fraction of sp³-hybridized carbons (Fsp3) is 0.333. The van der Waals surface area contributed by atoms with Crippen molar-refractivity contribution in [3.8, 4) is 0 Å². The van der Waals surface area contributed by atoms with E-state index in [1.165, 1.54) is 0 Å². The highest BCUT2D eigenvalue weighted by molar-refractivity contribution is 6.01. The Hall–Kier alpha value is -3.42. The minimum atomic E-state index is -0.273. The number of hydrogen-bond acceptors (Lipinski definition) is 5. The standard InChI is InChI=1S/C21H21N5O3/c1-13-7-8-17(29-13)21(28)25-10-14-9-18-23-24-19(26(18)12-15(14)11-25)20(27)22-16-5-3-2-4-6-16/h2-8,14-15H,9-12H2,1H3,(H,22,27)/t14-,15-/m0/s1. The zero-order chi connectivity index (χ0) is 20.0. The highest BCUT2D eigenvalue weighted by Gasteiger charge is 2.41. The van der Waals surface area contributed by atoms with Crippen molar-refractivity contribution in [3.05, 3.63) is 65.6 Å². The Balaban J connectivity index is 1.31. The quantitative estimate of drug-likeness (QED) is 0.740. The van der Waals surface area contributed by atoms with Crippen molar-refractivity contribution in [2.45, 2.75) is 19.9 Å². The third kappa shape index (κ3) is 3.20. The fourth-order valence-corrected chi connectivity index (χ4v) is 4.27. The van der Waals surface area contributed by atoms with Gasteiger partial charge in [0.05, 0.1) is 0 Å². The number of amides is 2. The number of aryl methyl sites for hydroxylation is 1. The second-order valence-electron chi connectivity index (χ2n) is 7.72. The molecule has 0 unspecified atom stereocenters. The maximum Gasteiger partial charge on any atom is 0.293 e. The van der Waals surface area contributed by atoms with E-state index < -0.39 is 0 Å². The molecule has 8 nitrogen and oxygen atoms in total. The van der Waals surface area contributed by atoms with Crippen LogP contribution in [0.1, 0.15) is 32.8 Å². The molecule has 29 heavy (non-hydrogen) atoms. The van der Waals surface area contributed by atoms with Crippen molar-refractivity contribution in [2.24, 2.45) is 11.8 Å². The van der Waals surface area contributed by atoms with Gasteiger partial charge in [-0.2, -0.15) is 0 Å². The number of aromatic nitrogens is 3. The van der Waals surface area contributed by atoms with Crippen LogP contribution in [0.2, 0.25) is 0 Å². The summed E-state index contributed by atoms with van der Waals surface area (Å²) in [6, 6.07) is 12.8. The molecule has 5 rings (SSSR count). The van der Waals surface area contributed by atoms with Gasteiger partial charge in [-0.05, 0) is 43.0 Å². The largest absolute Gasteiger partial charge is 0.456 e. The first kappa shape index (κ1) is 17.7. The van der Waals surface area contributed by atoms with Crippen LogP contribution in [0.25, 0.3) is 0 Å². The predicted octanol–water partition coefficient (Wildman–Crippen LogP) is 2.38. The average Bonchev–Trinajstić information content (AvgIpc) is 3.43. The smallest absolute Gasteiger partial charge is 0.293 e. The summed E-state index contributed by atoms with van der Waals surface area (Å²) in [5, 5.41) is 11.2. The van der Waals surface area contributed by atoms with Crippen LogP contribution in [0, 0.1) is 18.8 Å². The molecule has 148 valence electrons. The molecule has 1 aromatic carbocycles. The zero-order valence-corrected chi connectivity index (χ0v) is 16.0. The Bertz CT molecular complexity index is 1070. The lowest BCUT2D eigenvalue weighted by atomic mass is 9.89. The first-order chi connectivity index (χ1) is 14.1. The Kier molecular flexibility index (Phi) is 4.19. The number of hydrogen-bond donors (Lipinski definition) is 1. The average molecular weight is 391 g/mol. The van der Waals surface area contributed by atoms with Gasteiger partial charge in [-0.3, -0.25) is 9.59 Å². The molecule has 0 aliphatic carbocycles. The van der Waals surface area contributed by atoms with Crippen LogP contribution in [0.15, 0.2) is 46.9 Å². The number of furan rings is 1. The van der Waals surface area contributed by atoms with Crippen molar-refractivity contribution in [1.82, 2.24) is 19.7 Å². The number of nitrogens with zero attached hydrogens (tertiary/aromatic N) is 4. The van der Waals surface area contributed by atoms with E-state index in [4.69, 9.17) is 4.42 Å². The van der Waals surface area contributed by atoms with Crippen LogP contribution in [0.3, 0.4) is 0 Å². The van der Waals surface area contributed by atoms with Crippen LogP contribution in [0.4, 0.5) is 5.69 Å². The molecule has 1 fully saturated rings. The van der Waals surface area contributed by atoms with E-state index in [-0.39, 0.29) is 17.7 Å². The monoisotopic (exact) mass is 391 g/mol. The molecule has 8 heteroatoms. The van der Waals surface area contributed by atoms with Crippen LogP contribution in [-0.2, 0) is 13.0 Å². The van der Waals surface area contributed by atoms with E-state index in [0.29, 0.717) is 43.6 Å². The normalized spacial score (nSPS) is 20.2. The number of para-hydroxylation sites is 1. The summed E-state index contributed by atoms with van der Waals surface area (Å²) in [6.45, 7) is 3.77. The van der Waals surface area contributed by atoms with Gasteiger partial charge in [0, 0.05) is 31.7 Å². The topological polar surface area (TPSA) is 93.3 Å². The molecule has 2 aromatic heterocycles. The molecule has 0 saturated carbocycles. The van der Waals surface area contributed by atoms with Crippen molar-refractivity contribution in [1.29, 1.82) is 0 Å². The second kappa shape index (κ2) is 6.88. The number of fused-ring (bicyclic) bond motifs is 2. The third-order valence-electron chi connectivity index (χ3n) is 5.74. The summed E-state index contributed by atoms with van der Waals surface area (Å²) in [5.74, 6) is 2.45. The van der Waals surface area contributed by atoms with E-state index in [9.17, 15) is 9.59 Å². The summed E-state index contributed by atoms with van der Waals surface area (Å²) in [7, 11) is 0.